The van der Waals surface area contributed by atoms with Crippen molar-refractivity contribution < 1.29 is 4.79 Å². The van der Waals surface area contributed by atoms with Gasteiger partial charge in [-0.05, 0) is 49.9 Å². The number of benzene rings is 1. The first-order valence-corrected chi connectivity index (χ1v) is 7.14. The predicted octanol–water partition coefficient (Wildman–Crippen LogP) is 2.12. The summed E-state index contributed by atoms with van der Waals surface area (Å²) in [5.74, 6) is 0.658. The van der Waals surface area contributed by atoms with E-state index in [1.54, 1.807) is 12.1 Å². The molecule has 1 aliphatic heterocycles. The quantitative estimate of drug-likeness (QED) is 0.885. The summed E-state index contributed by atoms with van der Waals surface area (Å²) in [7, 11) is 0. The van der Waals surface area contributed by atoms with E-state index in [4.69, 9.17) is 5.26 Å². The second-order valence-electron chi connectivity index (χ2n) is 5.60. The van der Waals surface area contributed by atoms with Gasteiger partial charge in [0.25, 0.3) is 0 Å². The Labute approximate surface area is 120 Å². The van der Waals surface area contributed by atoms with E-state index in [0.29, 0.717) is 11.5 Å². The van der Waals surface area contributed by atoms with E-state index < -0.39 is 0 Å². The van der Waals surface area contributed by atoms with Gasteiger partial charge in [0, 0.05) is 0 Å². The molecule has 106 valence electrons. The normalized spacial score (nSPS) is 23.6. The molecule has 0 saturated carbocycles. The van der Waals surface area contributed by atoms with Gasteiger partial charge < -0.3 is 10.6 Å². The van der Waals surface area contributed by atoms with Crippen LogP contribution in [0.3, 0.4) is 0 Å². The molecular weight excluding hydrogens is 250 g/mol. The number of nitrogens with zero attached hydrogens (tertiary/aromatic N) is 1. The van der Waals surface area contributed by atoms with Crippen LogP contribution in [0.4, 0.5) is 0 Å². The summed E-state index contributed by atoms with van der Waals surface area (Å²) >= 11 is 0. The zero-order valence-corrected chi connectivity index (χ0v) is 12.0. The lowest BCUT2D eigenvalue weighted by Crippen LogP contribution is -2.48. The minimum absolute atomic E-state index is 0.0470. The third kappa shape index (κ3) is 3.58. The second kappa shape index (κ2) is 6.53. The van der Waals surface area contributed by atoms with E-state index in [-0.39, 0.29) is 18.0 Å². The molecule has 1 fully saturated rings. The molecule has 0 aromatic heterocycles. The van der Waals surface area contributed by atoms with Gasteiger partial charge in [-0.15, -0.1) is 0 Å². The summed E-state index contributed by atoms with van der Waals surface area (Å²) in [6.45, 7) is 5.06. The van der Waals surface area contributed by atoms with E-state index in [9.17, 15) is 4.79 Å². The molecule has 1 amide bonds. The van der Waals surface area contributed by atoms with Crippen LogP contribution in [0.25, 0.3) is 0 Å². The molecule has 2 rings (SSSR count). The molecular formula is C16H21N3O. The fourth-order valence-corrected chi connectivity index (χ4v) is 2.55. The minimum atomic E-state index is -0.0837. The smallest absolute Gasteiger partial charge is 0.237 e. The van der Waals surface area contributed by atoms with Gasteiger partial charge in [-0.25, -0.2) is 0 Å². The van der Waals surface area contributed by atoms with Gasteiger partial charge in [0.05, 0.1) is 23.7 Å². The summed E-state index contributed by atoms with van der Waals surface area (Å²) in [5.41, 5.74) is 1.65. The van der Waals surface area contributed by atoms with Gasteiger partial charge >= 0.3 is 0 Å². The molecule has 1 aliphatic rings. The summed E-state index contributed by atoms with van der Waals surface area (Å²) in [6, 6.07) is 9.29. The fraction of sp³-hybridized carbons (Fsp3) is 0.500. The average Bonchev–Trinajstić information content (AvgIpc) is 2.47. The number of carbonyl (C=O) groups excluding carboxylic acids is 1. The molecule has 0 bridgehead atoms. The fourth-order valence-electron chi connectivity index (χ4n) is 2.55. The van der Waals surface area contributed by atoms with Crippen molar-refractivity contribution in [2.75, 3.05) is 6.54 Å². The van der Waals surface area contributed by atoms with Crippen LogP contribution in [0.15, 0.2) is 24.3 Å². The summed E-state index contributed by atoms with van der Waals surface area (Å²) in [6.07, 6.45) is 2.03. The van der Waals surface area contributed by atoms with E-state index >= 15 is 0 Å². The highest BCUT2D eigenvalue weighted by molar-refractivity contribution is 5.82. The minimum Gasteiger partial charge on any atom is -0.348 e. The Bertz CT molecular complexity index is 503. The van der Waals surface area contributed by atoms with Crippen molar-refractivity contribution in [1.29, 1.82) is 5.26 Å². The number of carbonyl (C=O) groups is 1. The zero-order valence-electron chi connectivity index (χ0n) is 12.0. The van der Waals surface area contributed by atoms with Crippen LogP contribution in [0.2, 0.25) is 0 Å². The summed E-state index contributed by atoms with van der Waals surface area (Å²) in [5, 5.41) is 15.1. The van der Waals surface area contributed by atoms with Crippen molar-refractivity contribution in [3.05, 3.63) is 35.4 Å². The van der Waals surface area contributed by atoms with Crippen LogP contribution in [0, 0.1) is 17.2 Å². The Morgan fingerprint density at radius 1 is 1.45 bits per heavy atom. The monoisotopic (exact) mass is 271 g/mol. The molecule has 4 heteroatoms. The number of rotatable bonds is 3. The van der Waals surface area contributed by atoms with Gasteiger partial charge in [0.1, 0.15) is 0 Å². The SMILES string of the molecule is CC1CCNC(C(=O)NC(C)c2ccc(C#N)cc2)C1. The Kier molecular flexibility index (Phi) is 4.75. The van der Waals surface area contributed by atoms with Crippen molar-refractivity contribution in [1.82, 2.24) is 10.6 Å². The number of amides is 1. The van der Waals surface area contributed by atoms with Gasteiger partial charge in [0.15, 0.2) is 0 Å². The standard InChI is InChI=1S/C16H21N3O/c1-11-7-8-18-15(9-11)16(20)19-12(2)14-5-3-13(10-17)4-6-14/h3-6,11-12,15,18H,7-9H2,1-2H3,(H,19,20). The lowest BCUT2D eigenvalue weighted by atomic mass is 9.93. The molecule has 0 radical (unpaired) electrons. The van der Waals surface area contributed by atoms with Crippen molar-refractivity contribution in [3.8, 4) is 6.07 Å². The first-order valence-electron chi connectivity index (χ1n) is 7.14. The molecule has 1 saturated heterocycles. The molecule has 1 heterocycles. The maximum absolute atomic E-state index is 12.2. The Balaban J connectivity index is 1.94. The van der Waals surface area contributed by atoms with Crippen molar-refractivity contribution in [3.63, 3.8) is 0 Å². The van der Waals surface area contributed by atoms with Crippen LogP contribution in [-0.4, -0.2) is 18.5 Å². The van der Waals surface area contributed by atoms with Crippen molar-refractivity contribution >= 4 is 5.91 Å². The third-order valence-corrected chi connectivity index (χ3v) is 3.88. The van der Waals surface area contributed by atoms with Crippen molar-refractivity contribution in [2.45, 2.75) is 38.8 Å². The van der Waals surface area contributed by atoms with Crippen LogP contribution in [0.1, 0.15) is 43.9 Å². The molecule has 2 N–H and O–H groups in total. The lowest BCUT2D eigenvalue weighted by molar-refractivity contribution is -0.124. The van der Waals surface area contributed by atoms with Gasteiger partial charge in [-0.3, -0.25) is 4.79 Å². The number of piperidine rings is 1. The third-order valence-electron chi connectivity index (χ3n) is 3.88. The van der Waals surface area contributed by atoms with Crippen molar-refractivity contribution in [2.24, 2.45) is 5.92 Å². The summed E-state index contributed by atoms with van der Waals surface area (Å²) in [4.78, 5) is 12.2. The van der Waals surface area contributed by atoms with E-state index in [0.717, 1.165) is 24.9 Å². The first-order chi connectivity index (χ1) is 9.60. The van der Waals surface area contributed by atoms with Crippen LogP contribution in [-0.2, 0) is 4.79 Å². The largest absolute Gasteiger partial charge is 0.348 e. The Morgan fingerprint density at radius 3 is 2.75 bits per heavy atom. The van der Waals surface area contributed by atoms with Crippen LogP contribution in [0.5, 0.6) is 0 Å². The lowest BCUT2D eigenvalue weighted by Gasteiger charge is -2.28. The predicted molar refractivity (Wildman–Crippen MR) is 77.9 cm³/mol. The maximum atomic E-state index is 12.2. The Hall–Kier alpha value is -1.86. The molecule has 1 aromatic rings. The zero-order chi connectivity index (χ0) is 14.5. The van der Waals surface area contributed by atoms with E-state index in [1.807, 2.05) is 19.1 Å². The van der Waals surface area contributed by atoms with Gasteiger partial charge in [-0.1, -0.05) is 19.1 Å². The summed E-state index contributed by atoms with van der Waals surface area (Å²) < 4.78 is 0. The number of nitriles is 1. The first kappa shape index (κ1) is 14.5. The second-order valence-corrected chi connectivity index (χ2v) is 5.60. The molecule has 0 spiro atoms. The van der Waals surface area contributed by atoms with Crippen LogP contribution >= 0.6 is 0 Å². The maximum Gasteiger partial charge on any atom is 0.237 e. The van der Waals surface area contributed by atoms with E-state index in [2.05, 4.69) is 23.6 Å². The highest BCUT2D eigenvalue weighted by atomic mass is 16.2. The highest BCUT2D eigenvalue weighted by Crippen LogP contribution is 2.17. The average molecular weight is 271 g/mol. The van der Waals surface area contributed by atoms with Crippen LogP contribution < -0.4 is 10.6 Å². The number of nitrogens with one attached hydrogen (secondary N) is 2. The van der Waals surface area contributed by atoms with Gasteiger partial charge in [0.2, 0.25) is 5.91 Å². The number of hydrogen-bond acceptors (Lipinski definition) is 3. The highest BCUT2D eigenvalue weighted by Gasteiger charge is 2.25. The molecule has 3 unspecified atom stereocenters. The molecule has 4 nitrogen and oxygen atoms in total. The van der Waals surface area contributed by atoms with Gasteiger partial charge in [-0.2, -0.15) is 5.26 Å². The molecule has 1 aromatic carbocycles. The number of hydrogen-bond donors (Lipinski definition) is 2. The Morgan fingerprint density at radius 2 is 2.15 bits per heavy atom. The molecule has 20 heavy (non-hydrogen) atoms. The van der Waals surface area contributed by atoms with E-state index in [1.165, 1.54) is 0 Å². The molecule has 0 aliphatic carbocycles. The molecule has 3 atom stereocenters. The topological polar surface area (TPSA) is 64.9 Å².